The van der Waals surface area contributed by atoms with Crippen LogP contribution in [0.5, 0.6) is 5.75 Å². The molecule has 0 saturated heterocycles. The van der Waals surface area contributed by atoms with E-state index in [4.69, 9.17) is 4.74 Å². The van der Waals surface area contributed by atoms with Crippen molar-refractivity contribution in [2.24, 2.45) is 0 Å². The van der Waals surface area contributed by atoms with E-state index in [-0.39, 0.29) is 6.04 Å². The fraction of sp³-hybridized carbons (Fsp3) is 0.357. The molecule has 1 heterocycles. The Morgan fingerprint density at radius 2 is 2.06 bits per heavy atom. The first kappa shape index (κ1) is 12.6. The third-order valence-electron chi connectivity index (χ3n) is 2.88. The Kier molecular flexibility index (Phi) is 3.67. The number of methoxy groups -OCH3 is 1. The van der Waals surface area contributed by atoms with Crippen molar-refractivity contribution in [1.29, 1.82) is 0 Å². The zero-order valence-corrected chi connectivity index (χ0v) is 10.9. The first-order valence-corrected chi connectivity index (χ1v) is 5.99. The van der Waals surface area contributed by atoms with E-state index in [1.54, 1.807) is 13.3 Å². The molecule has 4 heteroatoms. The Morgan fingerprint density at radius 3 is 2.72 bits per heavy atom. The second-order valence-electron chi connectivity index (χ2n) is 4.47. The van der Waals surface area contributed by atoms with Crippen LogP contribution >= 0.6 is 0 Å². The molecule has 0 aliphatic rings. The molecule has 1 atom stereocenters. The smallest absolute Gasteiger partial charge is 0.121 e. The normalized spacial score (nSPS) is 12.7. The third-order valence-corrected chi connectivity index (χ3v) is 2.88. The standard InChI is InChI=1S/C14H18N2O2/c1-10(2)16-13(7-8-15-16)14(17)11-5-4-6-12(9-11)18-3/h4-10,14,17H,1-3H3. The lowest BCUT2D eigenvalue weighted by molar-refractivity contribution is 0.204. The molecule has 18 heavy (non-hydrogen) atoms. The van der Waals surface area contributed by atoms with Crippen LogP contribution in [0.2, 0.25) is 0 Å². The average molecular weight is 246 g/mol. The van der Waals surface area contributed by atoms with Gasteiger partial charge in [-0.1, -0.05) is 12.1 Å². The summed E-state index contributed by atoms with van der Waals surface area (Å²) in [6.07, 6.45) is 1.02. The molecule has 1 N–H and O–H groups in total. The predicted octanol–water partition coefficient (Wildman–Crippen LogP) is 2.55. The molecule has 2 aromatic rings. The average Bonchev–Trinajstić information content (AvgIpc) is 2.87. The number of aromatic nitrogens is 2. The van der Waals surface area contributed by atoms with E-state index >= 15 is 0 Å². The third kappa shape index (κ3) is 2.38. The molecule has 2 rings (SSSR count). The van der Waals surface area contributed by atoms with Crippen molar-refractivity contribution in [1.82, 2.24) is 9.78 Å². The fourth-order valence-electron chi connectivity index (χ4n) is 1.95. The molecule has 0 bridgehead atoms. The zero-order chi connectivity index (χ0) is 13.1. The van der Waals surface area contributed by atoms with Crippen molar-refractivity contribution < 1.29 is 9.84 Å². The van der Waals surface area contributed by atoms with E-state index in [0.717, 1.165) is 17.0 Å². The molecule has 0 saturated carbocycles. The Hall–Kier alpha value is -1.81. The van der Waals surface area contributed by atoms with Crippen LogP contribution in [0.4, 0.5) is 0 Å². The summed E-state index contributed by atoms with van der Waals surface area (Å²) in [5.74, 6) is 0.738. The summed E-state index contributed by atoms with van der Waals surface area (Å²) in [6.45, 7) is 4.07. The Labute approximate surface area is 107 Å². The lowest BCUT2D eigenvalue weighted by atomic mass is 10.1. The summed E-state index contributed by atoms with van der Waals surface area (Å²) in [5, 5.41) is 14.6. The second-order valence-corrected chi connectivity index (χ2v) is 4.47. The molecular weight excluding hydrogens is 228 g/mol. The first-order valence-electron chi connectivity index (χ1n) is 5.99. The van der Waals surface area contributed by atoms with Gasteiger partial charge >= 0.3 is 0 Å². The quantitative estimate of drug-likeness (QED) is 0.901. The van der Waals surface area contributed by atoms with Gasteiger partial charge in [0.2, 0.25) is 0 Å². The van der Waals surface area contributed by atoms with Crippen LogP contribution in [0.25, 0.3) is 0 Å². The maximum absolute atomic E-state index is 10.4. The van der Waals surface area contributed by atoms with Crippen LogP contribution in [0.1, 0.15) is 37.3 Å². The number of benzene rings is 1. The number of rotatable bonds is 4. The van der Waals surface area contributed by atoms with Gasteiger partial charge in [0.15, 0.2) is 0 Å². The van der Waals surface area contributed by atoms with Gasteiger partial charge in [0.25, 0.3) is 0 Å². The van der Waals surface area contributed by atoms with Crippen LogP contribution in [0.15, 0.2) is 36.5 Å². The van der Waals surface area contributed by atoms with Gasteiger partial charge in [0.05, 0.1) is 12.8 Å². The van der Waals surface area contributed by atoms with Gasteiger partial charge in [-0.15, -0.1) is 0 Å². The molecule has 0 radical (unpaired) electrons. The number of nitrogens with zero attached hydrogens (tertiary/aromatic N) is 2. The number of ether oxygens (including phenoxy) is 1. The predicted molar refractivity (Wildman–Crippen MR) is 69.7 cm³/mol. The molecule has 1 aromatic carbocycles. The summed E-state index contributed by atoms with van der Waals surface area (Å²) >= 11 is 0. The molecule has 0 amide bonds. The van der Waals surface area contributed by atoms with Crippen LogP contribution in [0.3, 0.4) is 0 Å². The van der Waals surface area contributed by atoms with E-state index in [1.807, 2.05) is 48.9 Å². The van der Waals surface area contributed by atoms with Gasteiger partial charge in [0.1, 0.15) is 11.9 Å². The van der Waals surface area contributed by atoms with Gasteiger partial charge < -0.3 is 9.84 Å². The zero-order valence-electron chi connectivity index (χ0n) is 10.9. The minimum Gasteiger partial charge on any atom is -0.497 e. The van der Waals surface area contributed by atoms with E-state index in [0.29, 0.717) is 0 Å². The van der Waals surface area contributed by atoms with Crippen molar-refractivity contribution in [3.05, 3.63) is 47.8 Å². The first-order chi connectivity index (χ1) is 8.63. The highest BCUT2D eigenvalue weighted by atomic mass is 16.5. The molecule has 0 aliphatic carbocycles. The van der Waals surface area contributed by atoms with Gasteiger partial charge in [-0.25, -0.2) is 0 Å². The lowest BCUT2D eigenvalue weighted by Crippen LogP contribution is -2.12. The summed E-state index contributed by atoms with van der Waals surface area (Å²) in [5.41, 5.74) is 1.59. The summed E-state index contributed by atoms with van der Waals surface area (Å²) in [6, 6.07) is 9.50. The second kappa shape index (κ2) is 5.23. The van der Waals surface area contributed by atoms with Crippen LogP contribution in [-0.4, -0.2) is 22.0 Å². The van der Waals surface area contributed by atoms with Gasteiger partial charge in [-0.3, -0.25) is 4.68 Å². The van der Waals surface area contributed by atoms with E-state index in [9.17, 15) is 5.11 Å². The van der Waals surface area contributed by atoms with Crippen LogP contribution in [-0.2, 0) is 0 Å². The highest BCUT2D eigenvalue weighted by molar-refractivity contribution is 5.33. The maximum atomic E-state index is 10.4. The highest BCUT2D eigenvalue weighted by Crippen LogP contribution is 2.26. The molecule has 4 nitrogen and oxygen atoms in total. The van der Waals surface area contributed by atoms with Crippen LogP contribution < -0.4 is 4.74 Å². The summed E-state index contributed by atoms with van der Waals surface area (Å²) in [4.78, 5) is 0. The van der Waals surface area contributed by atoms with Gasteiger partial charge in [-0.05, 0) is 37.6 Å². The largest absolute Gasteiger partial charge is 0.497 e. The van der Waals surface area contributed by atoms with E-state index in [1.165, 1.54) is 0 Å². The molecule has 0 aliphatic heterocycles. The van der Waals surface area contributed by atoms with Crippen molar-refractivity contribution in [2.45, 2.75) is 26.0 Å². The minimum atomic E-state index is -0.690. The Balaban J connectivity index is 2.35. The van der Waals surface area contributed by atoms with Crippen molar-refractivity contribution in [3.8, 4) is 5.75 Å². The molecule has 1 unspecified atom stereocenters. The van der Waals surface area contributed by atoms with E-state index in [2.05, 4.69) is 5.10 Å². The molecule has 0 fully saturated rings. The number of aliphatic hydroxyl groups excluding tert-OH is 1. The van der Waals surface area contributed by atoms with Gasteiger partial charge in [-0.2, -0.15) is 5.10 Å². The topological polar surface area (TPSA) is 47.3 Å². The number of aliphatic hydroxyl groups is 1. The fourth-order valence-corrected chi connectivity index (χ4v) is 1.95. The SMILES string of the molecule is COc1cccc(C(O)c2ccnn2C(C)C)c1. The van der Waals surface area contributed by atoms with Gasteiger partial charge in [0, 0.05) is 12.2 Å². The van der Waals surface area contributed by atoms with Crippen molar-refractivity contribution in [2.75, 3.05) is 7.11 Å². The lowest BCUT2D eigenvalue weighted by Gasteiger charge is -2.16. The summed E-state index contributed by atoms with van der Waals surface area (Å²) < 4.78 is 6.99. The van der Waals surface area contributed by atoms with Crippen molar-refractivity contribution >= 4 is 0 Å². The van der Waals surface area contributed by atoms with E-state index < -0.39 is 6.10 Å². The minimum absolute atomic E-state index is 0.218. The van der Waals surface area contributed by atoms with Crippen molar-refractivity contribution in [3.63, 3.8) is 0 Å². The number of hydrogen-bond donors (Lipinski definition) is 1. The molecule has 96 valence electrons. The maximum Gasteiger partial charge on any atom is 0.121 e. The number of hydrogen-bond acceptors (Lipinski definition) is 3. The summed E-state index contributed by atoms with van der Waals surface area (Å²) in [7, 11) is 1.61. The molecule has 0 spiro atoms. The monoisotopic (exact) mass is 246 g/mol. The Bertz CT molecular complexity index is 520. The van der Waals surface area contributed by atoms with Crippen LogP contribution in [0, 0.1) is 0 Å². The molecule has 1 aromatic heterocycles. The molecular formula is C14H18N2O2. The highest BCUT2D eigenvalue weighted by Gasteiger charge is 2.17. The Morgan fingerprint density at radius 1 is 1.28 bits per heavy atom.